The highest BCUT2D eigenvalue weighted by Gasteiger charge is 2.50. The summed E-state index contributed by atoms with van der Waals surface area (Å²) in [5, 5.41) is 0.640. The lowest BCUT2D eigenvalue weighted by Crippen LogP contribution is -2.52. The van der Waals surface area contributed by atoms with Crippen LogP contribution in [0.4, 0.5) is 0 Å². The first-order valence-electron chi connectivity index (χ1n) is 10.3. The van der Waals surface area contributed by atoms with Gasteiger partial charge in [-0.3, -0.25) is 4.79 Å². The first-order valence-corrected chi connectivity index (χ1v) is 10.3. The molecule has 2 heterocycles. The summed E-state index contributed by atoms with van der Waals surface area (Å²) in [4.78, 5) is 37.2. The lowest BCUT2D eigenvalue weighted by Gasteiger charge is -2.43. The van der Waals surface area contributed by atoms with E-state index in [1.807, 2.05) is 13.8 Å². The maximum Gasteiger partial charge on any atom is 0.336 e. The second-order valence-electron chi connectivity index (χ2n) is 8.66. The van der Waals surface area contributed by atoms with Crippen molar-refractivity contribution in [2.24, 2.45) is 5.92 Å². The number of hydrogen-bond donors (Lipinski definition) is 0. The second kappa shape index (κ2) is 8.57. The molecule has 2 aromatic rings. The largest absolute Gasteiger partial charge is 0.483 e. The summed E-state index contributed by atoms with van der Waals surface area (Å²) in [5.74, 6) is -0.497. The van der Waals surface area contributed by atoms with E-state index in [1.54, 1.807) is 52.0 Å². The van der Waals surface area contributed by atoms with Gasteiger partial charge in [0.15, 0.2) is 12.2 Å². The van der Waals surface area contributed by atoms with E-state index in [-0.39, 0.29) is 17.9 Å². The van der Waals surface area contributed by atoms with Gasteiger partial charge in [0.05, 0.1) is 5.56 Å². The molecule has 1 aromatic heterocycles. The predicted octanol–water partition coefficient (Wildman–Crippen LogP) is 4.47. The molecular weight excluding hydrogens is 400 g/mol. The van der Waals surface area contributed by atoms with Crippen LogP contribution in [0.1, 0.15) is 59.6 Å². The summed E-state index contributed by atoms with van der Waals surface area (Å²) in [6.07, 6.45) is -0.139. The predicted molar refractivity (Wildman–Crippen MR) is 115 cm³/mol. The van der Waals surface area contributed by atoms with Gasteiger partial charge in [-0.05, 0) is 51.8 Å². The number of carbonyl (C=O) groups excluding carboxylic acids is 2. The summed E-state index contributed by atoms with van der Waals surface area (Å²) in [5.41, 5.74) is -0.522. The molecule has 0 saturated heterocycles. The molecule has 0 bridgehead atoms. The fourth-order valence-electron chi connectivity index (χ4n) is 3.53. The highest BCUT2D eigenvalue weighted by atomic mass is 16.6. The molecule has 31 heavy (non-hydrogen) atoms. The van der Waals surface area contributed by atoms with Gasteiger partial charge in [-0.2, -0.15) is 0 Å². The average Bonchev–Trinajstić information content (AvgIpc) is 2.68. The van der Waals surface area contributed by atoms with E-state index in [0.717, 1.165) is 0 Å². The molecule has 1 aliphatic heterocycles. The van der Waals surface area contributed by atoms with Crippen molar-refractivity contribution < 1.29 is 28.2 Å². The van der Waals surface area contributed by atoms with Crippen molar-refractivity contribution in [1.82, 2.24) is 0 Å². The summed E-state index contributed by atoms with van der Waals surface area (Å²) in [6, 6.07) is 6.43. The van der Waals surface area contributed by atoms with Gasteiger partial charge in [0.25, 0.3) is 0 Å². The SMILES string of the molecule is CC=C(C)C(=O)O[C@@H]1[C@@H](OC(=O)CC(C)C)c2c(ccc3ccc(=O)oc23)OC1(C)C. The van der Waals surface area contributed by atoms with Crippen LogP contribution in [0, 0.1) is 5.92 Å². The summed E-state index contributed by atoms with van der Waals surface area (Å²) >= 11 is 0. The number of esters is 2. The lowest BCUT2D eigenvalue weighted by molar-refractivity contribution is -0.188. The number of allylic oxidation sites excluding steroid dienone is 1. The third-order valence-electron chi connectivity index (χ3n) is 5.23. The van der Waals surface area contributed by atoms with Crippen molar-refractivity contribution in [3.63, 3.8) is 0 Å². The third-order valence-corrected chi connectivity index (χ3v) is 5.23. The second-order valence-corrected chi connectivity index (χ2v) is 8.66. The van der Waals surface area contributed by atoms with Gasteiger partial charge in [-0.25, -0.2) is 9.59 Å². The Morgan fingerprint density at radius 2 is 1.84 bits per heavy atom. The minimum atomic E-state index is -1.01. The van der Waals surface area contributed by atoms with Crippen molar-refractivity contribution in [2.75, 3.05) is 0 Å². The molecule has 0 aliphatic carbocycles. The first kappa shape index (κ1) is 22.6. The smallest absolute Gasteiger partial charge is 0.336 e. The lowest BCUT2D eigenvalue weighted by atomic mass is 9.87. The van der Waals surface area contributed by atoms with Gasteiger partial charge in [0.2, 0.25) is 0 Å². The van der Waals surface area contributed by atoms with Crippen LogP contribution >= 0.6 is 0 Å². The molecule has 0 saturated carbocycles. The fraction of sp³-hybridized carbons (Fsp3) is 0.458. The number of hydrogen-bond acceptors (Lipinski definition) is 7. The summed E-state index contributed by atoms with van der Waals surface area (Å²) in [6.45, 7) is 10.7. The zero-order valence-corrected chi connectivity index (χ0v) is 18.7. The van der Waals surface area contributed by atoms with Crippen molar-refractivity contribution in [1.29, 1.82) is 0 Å². The Labute approximate surface area is 181 Å². The monoisotopic (exact) mass is 428 g/mol. The number of fused-ring (bicyclic) bond motifs is 3. The van der Waals surface area contributed by atoms with Crippen LogP contribution in [0.5, 0.6) is 5.75 Å². The van der Waals surface area contributed by atoms with Gasteiger partial charge >= 0.3 is 17.6 Å². The minimum Gasteiger partial charge on any atom is -0.483 e. The number of carbonyl (C=O) groups is 2. The number of rotatable bonds is 5. The molecule has 0 N–H and O–H groups in total. The maximum atomic E-state index is 12.7. The Balaban J connectivity index is 2.18. The molecule has 0 unspecified atom stereocenters. The van der Waals surface area contributed by atoms with Crippen molar-refractivity contribution in [3.05, 3.63) is 51.9 Å². The van der Waals surface area contributed by atoms with Gasteiger partial charge in [-0.15, -0.1) is 0 Å². The van der Waals surface area contributed by atoms with Crippen molar-refractivity contribution >= 4 is 22.9 Å². The first-order chi connectivity index (χ1) is 14.5. The Morgan fingerprint density at radius 1 is 1.16 bits per heavy atom. The average molecular weight is 428 g/mol. The molecule has 7 nitrogen and oxygen atoms in total. The van der Waals surface area contributed by atoms with Crippen molar-refractivity contribution in [3.8, 4) is 5.75 Å². The van der Waals surface area contributed by atoms with E-state index in [4.69, 9.17) is 18.6 Å². The molecule has 0 fully saturated rings. The van der Waals surface area contributed by atoms with E-state index < -0.39 is 35.4 Å². The topological polar surface area (TPSA) is 92.0 Å². The maximum absolute atomic E-state index is 12.7. The molecule has 0 amide bonds. The molecule has 0 radical (unpaired) electrons. The fourth-order valence-corrected chi connectivity index (χ4v) is 3.53. The minimum absolute atomic E-state index is 0.0801. The van der Waals surface area contributed by atoms with Crippen molar-refractivity contribution in [2.45, 2.75) is 65.8 Å². The third kappa shape index (κ3) is 4.65. The standard InChI is InChI=1S/C24H28O7/c1-7-14(4)23(27)30-22-21(29-18(26)12-13(2)3)19-16(31-24(22,5)6)10-8-15-9-11-17(25)28-20(15)19/h7-11,13,21-22H,12H2,1-6H3/t21-,22+/m0/s1. The van der Waals surface area contributed by atoms with E-state index in [9.17, 15) is 14.4 Å². The van der Waals surface area contributed by atoms with Gasteiger partial charge in [0, 0.05) is 23.4 Å². The Kier molecular flexibility index (Phi) is 6.25. The van der Waals surface area contributed by atoms with Crippen LogP contribution in [-0.2, 0) is 19.1 Å². The van der Waals surface area contributed by atoms with Gasteiger partial charge in [0.1, 0.15) is 16.9 Å². The molecule has 1 aromatic carbocycles. The summed E-state index contributed by atoms with van der Waals surface area (Å²) in [7, 11) is 0. The Hall–Kier alpha value is -3.09. The molecule has 7 heteroatoms. The van der Waals surface area contributed by atoms with Gasteiger partial charge in [-0.1, -0.05) is 19.9 Å². The van der Waals surface area contributed by atoms with Crippen LogP contribution in [0.3, 0.4) is 0 Å². The molecule has 166 valence electrons. The van der Waals surface area contributed by atoms with E-state index in [1.165, 1.54) is 6.07 Å². The van der Waals surface area contributed by atoms with Crippen LogP contribution in [0.2, 0.25) is 0 Å². The van der Waals surface area contributed by atoms with E-state index in [0.29, 0.717) is 22.3 Å². The molecular formula is C24H28O7. The zero-order valence-electron chi connectivity index (χ0n) is 18.7. The van der Waals surface area contributed by atoms with E-state index >= 15 is 0 Å². The number of ether oxygens (including phenoxy) is 3. The Bertz CT molecular complexity index is 1090. The molecule has 2 atom stereocenters. The van der Waals surface area contributed by atoms with Crippen LogP contribution in [0.25, 0.3) is 11.0 Å². The summed E-state index contributed by atoms with van der Waals surface area (Å²) < 4.78 is 23.2. The quantitative estimate of drug-likeness (QED) is 0.394. The molecule has 0 spiro atoms. The normalized spacial score (nSPS) is 20.2. The number of benzene rings is 1. The van der Waals surface area contributed by atoms with Crippen LogP contribution in [-0.4, -0.2) is 23.6 Å². The zero-order chi connectivity index (χ0) is 22.9. The van der Waals surface area contributed by atoms with E-state index in [2.05, 4.69) is 0 Å². The van der Waals surface area contributed by atoms with Crippen LogP contribution in [0.15, 0.2) is 45.1 Å². The molecule has 1 aliphatic rings. The Morgan fingerprint density at radius 3 is 2.48 bits per heavy atom. The highest BCUT2D eigenvalue weighted by Crippen LogP contribution is 2.46. The molecule has 3 rings (SSSR count). The highest BCUT2D eigenvalue weighted by molar-refractivity contribution is 5.88. The van der Waals surface area contributed by atoms with Gasteiger partial charge < -0.3 is 18.6 Å². The van der Waals surface area contributed by atoms with Crippen LogP contribution < -0.4 is 10.4 Å².